The minimum atomic E-state index is -0.358. The van der Waals surface area contributed by atoms with E-state index in [9.17, 15) is 9.59 Å². The summed E-state index contributed by atoms with van der Waals surface area (Å²) < 4.78 is 6.18. The second kappa shape index (κ2) is 14.2. The van der Waals surface area contributed by atoms with Crippen molar-refractivity contribution in [2.24, 2.45) is 5.92 Å². The van der Waals surface area contributed by atoms with Crippen molar-refractivity contribution in [3.8, 4) is 16.9 Å². The largest absolute Gasteiger partial charge is 0.489 e. The Morgan fingerprint density at radius 2 is 1.64 bits per heavy atom. The van der Waals surface area contributed by atoms with E-state index in [4.69, 9.17) is 4.74 Å². The van der Waals surface area contributed by atoms with Crippen LogP contribution in [0.2, 0.25) is 0 Å². The molecule has 0 radical (unpaired) electrons. The minimum absolute atomic E-state index is 0.202. The molecule has 242 valence electrons. The van der Waals surface area contributed by atoms with Gasteiger partial charge in [-0.2, -0.15) is 0 Å². The first-order valence-electron chi connectivity index (χ1n) is 16.6. The number of fused-ring (bicyclic) bond motifs is 1. The van der Waals surface area contributed by atoms with Crippen molar-refractivity contribution in [2.75, 3.05) is 16.8 Å². The van der Waals surface area contributed by atoms with Crippen LogP contribution >= 0.6 is 0 Å². The molecule has 0 atom stereocenters. The fraction of sp³-hybridized carbons (Fsp3) is 0.333. The minimum Gasteiger partial charge on any atom is -0.489 e. The van der Waals surface area contributed by atoms with E-state index in [1.807, 2.05) is 48.5 Å². The molecule has 0 spiro atoms. The van der Waals surface area contributed by atoms with Crippen molar-refractivity contribution < 1.29 is 9.53 Å². The predicted molar refractivity (Wildman–Crippen MR) is 189 cm³/mol. The molecule has 5 aromatic rings. The molecule has 0 bridgehead atoms. The van der Waals surface area contributed by atoms with Gasteiger partial charge in [0.1, 0.15) is 23.7 Å². The number of pyridine rings is 3. The van der Waals surface area contributed by atoms with Crippen LogP contribution in [-0.4, -0.2) is 27.5 Å². The van der Waals surface area contributed by atoms with Gasteiger partial charge in [0, 0.05) is 41.8 Å². The number of anilines is 2. The molecule has 2 aromatic carbocycles. The van der Waals surface area contributed by atoms with Crippen molar-refractivity contribution >= 4 is 28.4 Å². The number of aromatic nitrogens is 3. The molecule has 3 aromatic heterocycles. The summed E-state index contributed by atoms with van der Waals surface area (Å²) in [5.41, 5.74) is 5.81. The number of carbonyl (C=O) groups is 1. The summed E-state index contributed by atoms with van der Waals surface area (Å²) in [5.74, 6) is 1.35. The summed E-state index contributed by atoms with van der Waals surface area (Å²) in [4.78, 5) is 42.1. The van der Waals surface area contributed by atoms with Crippen molar-refractivity contribution in [3.63, 3.8) is 0 Å². The van der Waals surface area contributed by atoms with Gasteiger partial charge >= 0.3 is 6.03 Å². The third kappa shape index (κ3) is 7.07. The maximum Gasteiger partial charge on any atom is 0.326 e. The zero-order valence-corrected chi connectivity index (χ0v) is 27.6. The van der Waals surface area contributed by atoms with Gasteiger partial charge in [0.25, 0.3) is 5.56 Å². The Morgan fingerprint density at radius 3 is 2.34 bits per heavy atom. The van der Waals surface area contributed by atoms with Crippen LogP contribution < -0.4 is 20.5 Å². The fourth-order valence-electron chi connectivity index (χ4n) is 6.65. The average Bonchev–Trinajstić information content (AvgIpc) is 3.60. The molecular weight excluding hydrogens is 586 g/mol. The number of benzene rings is 2. The quantitative estimate of drug-likeness (QED) is 0.161. The lowest BCUT2D eigenvalue weighted by molar-refractivity contribution is 0.255. The maximum absolute atomic E-state index is 14.7. The second-order valence-corrected chi connectivity index (χ2v) is 13.1. The van der Waals surface area contributed by atoms with E-state index in [-0.39, 0.29) is 29.3 Å². The third-order valence-corrected chi connectivity index (χ3v) is 9.07. The highest BCUT2D eigenvalue weighted by atomic mass is 16.5. The number of ether oxygens (including phenoxy) is 1. The van der Waals surface area contributed by atoms with Crippen LogP contribution in [0.1, 0.15) is 81.9 Å². The standard InChI is InChI=1S/C39H43N5O3/c1-25(2)31-14-8-15-32(26(3)4)35(31)42-39(46)44(23-27-10-5-6-11-27)36-34(33-16-9-19-41-37(33)43-38(36)45)29-12-7-13-30(22-29)47-24-28-17-20-40-21-18-28/h7-9,12-22,25-27H,5-6,10-11,23-24H2,1-4H3,(H,42,46)(H,41,43,45). The lowest BCUT2D eigenvalue weighted by atomic mass is 9.92. The van der Waals surface area contributed by atoms with Gasteiger partial charge in [0.2, 0.25) is 0 Å². The molecule has 47 heavy (non-hydrogen) atoms. The Labute approximate surface area is 276 Å². The highest BCUT2D eigenvalue weighted by Crippen LogP contribution is 2.38. The van der Waals surface area contributed by atoms with Crippen LogP contribution in [0.4, 0.5) is 16.2 Å². The number of nitrogens with one attached hydrogen (secondary N) is 2. The van der Waals surface area contributed by atoms with Gasteiger partial charge in [-0.25, -0.2) is 9.78 Å². The Kier molecular flexibility index (Phi) is 9.66. The van der Waals surface area contributed by atoms with Gasteiger partial charge in [-0.15, -0.1) is 0 Å². The number of hydrogen-bond donors (Lipinski definition) is 2. The highest BCUT2D eigenvalue weighted by molar-refractivity contribution is 6.09. The van der Waals surface area contributed by atoms with Crippen LogP contribution in [0, 0.1) is 5.92 Å². The number of H-pyrrole nitrogens is 1. The van der Waals surface area contributed by atoms with Crippen molar-refractivity contribution in [1.82, 2.24) is 15.0 Å². The van der Waals surface area contributed by atoms with E-state index in [2.05, 4.69) is 66.2 Å². The molecule has 2 N–H and O–H groups in total. The normalized spacial score (nSPS) is 13.4. The fourth-order valence-corrected chi connectivity index (χ4v) is 6.65. The molecule has 6 rings (SSSR count). The number of rotatable bonds is 10. The molecule has 1 aliphatic carbocycles. The molecule has 2 amide bonds. The van der Waals surface area contributed by atoms with Gasteiger partial charge in [0.05, 0.1) is 0 Å². The second-order valence-electron chi connectivity index (χ2n) is 13.1. The van der Waals surface area contributed by atoms with Gasteiger partial charge in [-0.3, -0.25) is 14.7 Å². The highest BCUT2D eigenvalue weighted by Gasteiger charge is 2.30. The van der Waals surface area contributed by atoms with Crippen LogP contribution in [0.25, 0.3) is 22.2 Å². The summed E-state index contributed by atoms with van der Waals surface area (Å²) in [6, 6.07) is 21.2. The average molecular weight is 630 g/mol. The van der Waals surface area contributed by atoms with Crippen LogP contribution in [-0.2, 0) is 6.61 Å². The zero-order valence-electron chi connectivity index (χ0n) is 27.6. The Morgan fingerprint density at radius 1 is 0.936 bits per heavy atom. The van der Waals surface area contributed by atoms with E-state index in [0.717, 1.165) is 59.0 Å². The van der Waals surface area contributed by atoms with Crippen molar-refractivity contribution in [2.45, 2.75) is 71.8 Å². The van der Waals surface area contributed by atoms with Gasteiger partial charge < -0.3 is 15.0 Å². The Hall–Kier alpha value is -4.98. The maximum atomic E-state index is 14.7. The van der Waals surface area contributed by atoms with Gasteiger partial charge in [-0.05, 0) is 89.2 Å². The molecule has 0 aliphatic heterocycles. The lowest BCUT2D eigenvalue weighted by Crippen LogP contribution is -2.42. The first-order valence-corrected chi connectivity index (χ1v) is 16.6. The van der Waals surface area contributed by atoms with Crippen molar-refractivity contribution in [3.05, 3.63) is 112 Å². The van der Waals surface area contributed by atoms with Crippen molar-refractivity contribution in [1.29, 1.82) is 0 Å². The predicted octanol–water partition coefficient (Wildman–Crippen LogP) is 9.04. The number of nitrogens with zero attached hydrogens (tertiary/aromatic N) is 3. The zero-order chi connectivity index (χ0) is 32.9. The molecule has 8 nitrogen and oxygen atoms in total. The molecule has 0 saturated heterocycles. The number of aromatic amines is 1. The topological polar surface area (TPSA) is 100 Å². The Bertz CT molecular complexity index is 1890. The molecule has 8 heteroatoms. The number of para-hydroxylation sites is 1. The molecule has 3 heterocycles. The summed E-state index contributed by atoms with van der Waals surface area (Å²) in [6.45, 7) is 9.35. The summed E-state index contributed by atoms with van der Waals surface area (Å²) in [6.07, 6.45) is 9.42. The van der Waals surface area contributed by atoms with E-state index >= 15 is 0 Å². The van der Waals surface area contributed by atoms with E-state index < -0.39 is 0 Å². The molecule has 1 saturated carbocycles. The summed E-state index contributed by atoms with van der Waals surface area (Å²) >= 11 is 0. The summed E-state index contributed by atoms with van der Waals surface area (Å²) in [5, 5.41) is 4.06. The van der Waals surface area contributed by atoms with Crippen LogP contribution in [0.3, 0.4) is 0 Å². The molecule has 1 fully saturated rings. The number of urea groups is 1. The van der Waals surface area contributed by atoms with Crippen LogP contribution in [0.5, 0.6) is 5.75 Å². The van der Waals surface area contributed by atoms with E-state index in [0.29, 0.717) is 35.8 Å². The molecule has 1 aliphatic rings. The SMILES string of the molecule is CC(C)c1cccc(C(C)C)c1NC(=O)N(CC1CCCC1)c1c(-c2cccc(OCc3ccncc3)c2)c2cccnc2[nH]c1=O. The Balaban J connectivity index is 1.48. The number of amides is 2. The third-order valence-electron chi connectivity index (χ3n) is 9.07. The first kappa shape index (κ1) is 32.0. The number of carbonyl (C=O) groups excluding carboxylic acids is 1. The summed E-state index contributed by atoms with van der Waals surface area (Å²) in [7, 11) is 0. The molecule has 0 unspecified atom stereocenters. The molecular formula is C39H43N5O3. The number of hydrogen-bond acceptors (Lipinski definition) is 5. The van der Waals surface area contributed by atoms with E-state index in [1.54, 1.807) is 23.5 Å². The van der Waals surface area contributed by atoms with Gasteiger partial charge in [-0.1, -0.05) is 70.9 Å². The van der Waals surface area contributed by atoms with Crippen LogP contribution in [0.15, 0.2) is 90.1 Å². The first-order chi connectivity index (χ1) is 22.8. The monoisotopic (exact) mass is 629 g/mol. The smallest absolute Gasteiger partial charge is 0.326 e. The van der Waals surface area contributed by atoms with E-state index in [1.165, 1.54) is 0 Å². The van der Waals surface area contributed by atoms with Gasteiger partial charge in [0.15, 0.2) is 0 Å². The lowest BCUT2D eigenvalue weighted by Gasteiger charge is -2.29.